The molecular weight excluding hydrogens is 705 g/mol. The number of aromatic nitrogens is 3. The predicted octanol–water partition coefficient (Wildman–Crippen LogP) is 14.4. The zero-order valence-corrected chi connectivity index (χ0v) is 31.6. The van der Waals surface area contributed by atoms with Crippen LogP contribution in [-0.4, -0.2) is 14.5 Å². The smallest absolute Gasteiger partial charge is 0.113 e. The van der Waals surface area contributed by atoms with Gasteiger partial charge in [0.1, 0.15) is 5.52 Å². The molecule has 0 saturated carbocycles. The number of rotatable bonds is 7. The fraction of sp³-hybridized carbons (Fsp3) is 0. The molecule has 0 atom stereocenters. The molecule has 4 heteroatoms. The van der Waals surface area contributed by atoms with Crippen LogP contribution in [0.5, 0.6) is 0 Å². The van der Waals surface area contributed by atoms with Gasteiger partial charge in [0.05, 0.1) is 33.6 Å². The highest BCUT2D eigenvalue weighted by molar-refractivity contribution is 6.22. The van der Waals surface area contributed by atoms with Gasteiger partial charge in [-0.2, -0.15) is 0 Å². The summed E-state index contributed by atoms with van der Waals surface area (Å²) in [5.41, 5.74) is 14.2. The van der Waals surface area contributed by atoms with Gasteiger partial charge >= 0.3 is 0 Å². The van der Waals surface area contributed by atoms with E-state index in [0.29, 0.717) is 0 Å². The quantitative estimate of drug-likeness (QED) is 0.163. The number of fused-ring (bicyclic) bond motifs is 6. The molecule has 4 nitrogen and oxygen atoms in total. The minimum atomic E-state index is 0.840. The molecule has 11 aromatic rings. The van der Waals surface area contributed by atoms with Gasteiger partial charge in [-0.25, -0.2) is 9.97 Å². The Bertz CT molecular complexity index is 3250. The average molecular weight is 741 g/mol. The summed E-state index contributed by atoms with van der Waals surface area (Å²) in [4.78, 5) is 13.3. The summed E-state index contributed by atoms with van der Waals surface area (Å²) in [6.07, 6.45) is 0. The molecule has 0 aliphatic heterocycles. The van der Waals surface area contributed by atoms with Gasteiger partial charge in [-0.05, 0) is 76.5 Å². The Morgan fingerprint density at radius 3 is 1.64 bits per heavy atom. The predicted molar refractivity (Wildman–Crippen MR) is 242 cm³/mol. The van der Waals surface area contributed by atoms with Gasteiger partial charge in [0.25, 0.3) is 0 Å². The van der Waals surface area contributed by atoms with Crippen molar-refractivity contribution in [1.29, 1.82) is 0 Å². The molecule has 0 unspecified atom stereocenters. The molecule has 0 bridgehead atoms. The van der Waals surface area contributed by atoms with E-state index in [2.05, 4.69) is 216 Å². The second kappa shape index (κ2) is 14.0. The van der Waals surface area contributed by atoms with Gasteiger partial charge in [-0.3, -0.25) is 0 Å². The van der Waals surface area contributed by atoms with Gasteiger partial charge in [0, 0.05) is 39.0 Å². The van der Waals surface area contributed by atoms with Crippen LogP contribution in [0.25, 0.3) is 82.9 Å². The van der Waals surface area contributed by atoms with Crippen molar-refractivity contribution >= 4 is 60.7 Å². The standard InChI is InChI=1S/C54H36N4/c1-5-16-37(17-6-1)38-28-31-43(32-29-38)57(42-23-11-4-12-24-42)44-33-34-46-50(36-44)58(48-35-30-39-18-13-14-25-45(39)51(46)48)49-27-15-26-47-54(49)56-53(41-21-9-3-10-22-41)52(55-47)40-19-7-2-8-20-40/h1-36H. The minimum Gasteiger partial charge on any atom is -0.310 e. The largest absolute Gasteiger partial charge is 0.310 e. The number of benzene rings is 9. The maximum absolute atomic E-state index is 5.55. The zero-order chi connectivity index (χ0) is 38.4. The van der Waals surface area contributed by atoms with Crippen LogP contribution in [0.4, 0.5) is 17.1 Å². The Hall–Kier alpha value is -7.82. The molecule has 0 aliphatic rings. The topological polar surface area (TPSA) is 34.0 Å². The van der Waals surface area contributed by atoms with Crippen molar-refractivity contribution in [2.75, 3.05) is 4.90 Å². The third-order valence-electron chi connectivity index (χ3n) is 11.2. The third kappa shape index (κ3) is 5.70. The molecule has 2 heterocycles. The van der Waals surface area contributed by atoms with Crippen LogP contribution in [-0.2, 0) is 0 Å². The highest BCUT2D eigenvalue weighted by atomic mass is 15.1. The maximum atomic E-state index is 5.55. The van der Waals surface area contributed by atoms with Gasteiger partial charge in [-0.15, -0.1) is 0 Å². The van der Waals surface area contributed by atoms with Crippen LogP contribution in [0, 0.1) is 0 Å². The lowest BCUT2D eigenvalue weighted by Gasteiger charge is -2.26. The van der Waals surface area contributed by atoms with Gasteiger partial charge in [0.2, 0.25) is 0 Å². The highest BCUT2D eigenvalue weighted by Gasteiger charge is 2.22. The summed E-state index contributed by atoms with van der Waals surface area (Å²) >= 11 is 0. The Kier molecular flexibility index (Phi) is 8.11. The first-order valence-electron chi connectivity index (χ1n) is 19.7. The monoisotopic (exact) mass is 740 g/mol. The molecule has 11 rings (SSSR count). The SMILES string of the molecule is c1ccc(-c2ccc(N(c3ccccc3)c3ccc4c5c6ccccc6ccc5n(-c5cccc6nc(-c7ccccc7)c(-c7ccccc7)nc56)c4c3)cc2)cc1. The van der Waals surface area contributed by atoms with Crippen molar-refractivity contribution in [3.63, 3.8) is 0 Å². The molecule has 2 aromatic heterocycles. The lowest BCUT2D eigenvalue weighted by atomic mass is 10.0. The molecule has 272 valence electrons. The van der Waals surface area contributed by atoms with E-state index < -0.39 is 0 Å². The Labute approximate surface area is 336 Å². The van der Waals surface area contributed by atoms with Crippen molar-refractivity contribution < 1.29 is 0 Å². The van der Waals surface area contributed by atoms with E-state index in [4.69, 9.17) is 9.97 Å². The lowest BCUT2D eigenvalue weighted by molar-refractivity contribution is 1.17. The zero-order valence-electron chi connectivity index (χ0n) is 31.6. The molecule has 0 N–H and O–H groups in total. The van der Waals surface area contributed by atoms with E-state index in [0.717, 1.165) is 67.3 Å². The van der Waals surface area contributed by atoms with Crippen LogP contribution >= 0.6 is 0 Å². The van der Waals surface area contributed by atoms with Crippen LogP contribution in [0.3, 0.4) is 0 Å². The summed E-state index contributed by atoms with van der Waals surface area (Å²) in [6.45, 7) is 0. The van der Waals surface area contributed by atoms with Crippen molar-refractivity contribution in [2.45, 2.75) is 0 Å². The molecule has 0 saturated heterocycles. The maximum Gasteiger partial charge on any atom is 0.113 e. The third-order valence-corrected chi connectivity index (χ3v) is 11.2. The normalized spacial score (nSPS) is 11.4. The van der Waals surface area contributed by atoms with Crippen LogP contribution in [0.15, 0.2) is 218 Å². The summed E-state index contributed by atoms with van der Waals surface area (Å²) in [5, 5.41) is 4.82. The molecule has 9 aromatic carbocycles. The summed E-state index contributed by atoms with van der Waals surface area (Å²) in [5.74, 6) is 0. The van der Waals surface area contributed by atoms with Gasteiger partial charge in [0.15, 0.2) is 0 Å². The first kappa shape index (κ1) is 33.5. The molecule has 0 radical (unpaired) electrons. The Morgan fingerprint density at radius 1 is 0.362 bits per heavy atom. The number of nitrogens with zero attached hydrogens (tertiary/aromatic N) is 4. The van der Waals surface area contributed by atoms with Crippen LogP contribution < -0.4 is 4.90 Å². The van der Waals surface area contributed by atoms with Crippen molar-refractivity contribution in [3.05, 3.63) is 218 Å². The molecule has 58 heavy (non-hydrogen) atoms. The van der Waals surface area contributed by atoms with Gasteiger partial charge in [-0.1, -0.05) is 164 Å². The fourth-order valence-corrected chi connectivity index (χ4v) is 8.47. The fourth-order valence-electron chi connectivity index (χ4n) is 8.47. The molecule has 0 fully saturated rings. The van der Waals surface area contributed by atoms with E-state index in [1.807, 2.05) is 12.1 Å². The lowest BCUT2D eigenvalue weighted by Crippen LogP contribution is -2.10. The Balaban J connectivity index is 1.18. The molecular formula is C54H36N4. The van der Waals surface area contributed by atoms with E-state index in [1.54, 1.807) is 0 Å². The van der Waals surface area contributed by atoms with E-state index >= 15 is 0 Å². The number of hydrogen-bond acceptors (Lipinski definition) is 3. The number of para-hydroxylation sites is 2. The second-order valence-electron chi connectivity index (χ2n) is 14.6. The summed E-state index contributed by atoms with van der Waals surface area (Å²) in [6, 6.07) is 77.3. The summed E-state index contributed by atoms with van der Waals surface area (Å²) < 4.78 is 2.40. The first-order chi connectivity index (χ1) is 28.8. The van der Waals surface area contributed by atoms with Crippen molar-refractivity contribution in [1.82, 2.24) is 14.5 Å². The minimum absolute atomic E-state index is 0.840. The average Bonchev–Trinajstić information content (AvgIpc) is 3.64. The van der Waals surface area contributed by atoms with Crippen molar-refractivity contribution in [2.24, 2.45) is 0 Å². The highest BCUT2D eigenvalue weighted by Crippen LogP contribution is 2.43. The van der Waals surface area contributed by atoms with Crippen LogP contribution in [0.1, 0.15) is 0 Å². The molecule has 0 aliphatic carbocycles. The first-order valence-corrected chi connectivity index (χ1v) is 19.7. The Morgan fingerprint density at radius 2 is 0.931 bits per heavy atom. The second-order valence-corrected chi connectivity index (χ2v) is 14.6. The van der Waals surface area contributed by atoms with E-state index in [9.17, 15) is 0 Å². The van der Waals surface area contributed by atoms with E-state index in [-0.39, 0.29) is 0 Å². The molecule has 0 amide bonds. The number of hydrogen-bond donors (Lipinski definition) is 0. The number of anilines is 3. The van der Waals surface area contributed by atoms with Crippen LogP contribution in [0.2, 0.25) is 0 Å². The van der Waals surface area contributed by atoms with Gasteiger partial charge < -0.3 is 9.47 Å². The van der Waals surface area contributed by atoms with Crippen molar-refractivity contribution in [3.8, 4) is 39.3 Å². The molecule has 0 spiro atoms. The van der Waals surface area contributed by atoms with E-state index in [1.165, 1.54) is 32.7 Å². The summed E-state index contributed by atoms with van der Waals surface area (Å²) in [7, 11) is 0.